The highest BCUT2D eigenvalue weighted by Crippen LogP contribution is 2.31. The van der Waals surface area contributed by atoms with Gasteiger partial charge in [-0.3, -0.25) is 14.9 Å². The van der Waals surface area contributed by atoms with E-state index in [1.807, 2.05) is 52.0 Å². The number of hydrogen-bond donors (Lipinski definition) is 1. The van der Waals surface area contributed by atoms with Crippen molar-refractivity contribution >= 4 is 29.6 Å². The van der Waals surface area contributed by atoms with Gasteiger partial charge in [-0.2, -0.15) is 0 Å². The number of nitrogens with zero attached hydrogens (tertiary/aromatic N) is 1. The van der Waals surface area contributed by atoms with Gasteiger partial charge in [0.25, 0.3) is 11.8 Å². The van der Waals surface area contributed by atoms with Crippen molar-refractivity contribution < 1.29 is 19.1 Å². The molecule has 3 rings (SSSR count). The summed E-state index contributed by atoms with van der Waals surface area (Å²) in [5.41, 5.74) is 3.99. The molecule has 4 amide bonds. The van der Waals surface area contributed by atoms with Crippen LogP contribution in [0.1, 0.15) is 48.9 Å². The molecule has 1 aliphatic rings. The Morgan fingerprint density at radius 1 is 1.10 bits per heavy atom. The number of imide groups is 2. The van der Waals surface area contributed by atoms with Crippen LogP contribution in [-0.4, -0.2) is 25.0 Å². The summed E-state index contributed by atoms with van der Waals surface area (Å²) in [4.78, 5) is 39.0. The molecular formula is C24H26N2O4. The average Bonchev–Trinajstić information content (AvgIpc) is 2.71. The zero-order chi connectivity index (χ0) is 22.0. The minimum atomic E-state index is -0.749. The quantitative estimate of drug-likeness (QED) is 0.591. The summed E-state index contributed by atoms with van der Waals surface area (Å²) in [5.74, 6) is -0.386. The van der Waals surface area contributed by atoms with Crippen LogP contribution in [0.3, 0.4) is 0 Å². The SMILES string of the molecule is CCc1ccc(N2C(=O)NC(=O)/C(=C/c3cc(C(C)C)c(OC)cc3C)C2=O)cc1. The van der Waals surface area contributed by atoms with Crippen molar-refractivity contribution in [1.82, 2.24) is 5.32 Å². The highest BCUT2D eigenvalue weighted by Gasteiger charge is 2.36. The largest absolute Gasteiger partial charge is 0.496 e. The second kappa shape index (κ2) is 8.53. The molecule has 156 valence electrons. The van der Waals surface area contributed by atoms with Crippen LogP contribution in [0.15, 0.2) is 42.0 Å². The second-order valence-corrected chi connectivity index (χ2v) is 7.58. The fourth-order valence-electron chi connectivity index (χ4n) is 3.43. The number of aryl methyl sites for hydroxylation is 2. The zero-order valence-electron chi connectivity index (χ0n) is 17.9. The summed E-state index contributed by atoms with van der Waals surface area (Å²) < 4.78 is 5.46. The molecule has 0 unspecified atom stereocenters. The molecular weight excluding hydrogens is 380 g/mol. The molecule has 1 aliphatic heterocycles. The molecule has 0 saturated carbocycles. The minimum absolute atomic E-state index is 0.0860. The smallest absolute Gasteiger partial charge is 0.335 e. The maximum absolute atomic E-state index is 13.1. The van der Waals surface area contributed by atoms with Gasteiger partial charge in [0.2, 0.25) is 0 Å². The van der Waals surface area contributed by atoms with Gasteiger partial charge >= 0.3 is 6.03 Å². The van der Waals surface area contributed by atoms with Crippen LogP contribution in [0.4, 0.5) is 10.5 Å². The Hall–Kier alpha value is -3.41. The van der Waals surface area contributed by atoms with Gasteiger partial charge in [-0.1, -0.05) is 32.9 Å². The van der Waals surface area contributed by atoms with Gasteiger partial charge in [0.05, 0.1) is 12.8 Å². The number of carbonyl (C=O) groups is 3. The van der Waals surface area contributed by atoms with Crippen LogP contribution in [-0.2, 0) is 16.0 Å². The lowest BCUT2D eigenvalue weighted by Crippen LogP contribution is -2.54. The summed E-state index contributed by atoms with van der Waals surface area (Å²) in [7, 11) is 1.62. The molecule has 0 radical (unpaired) electrons. The summed E-state index contributed by atoms with van der Waals surface area (Å²) in [5, 5.41) is 2.27. The molecule has 0 aromatic heterocycles. The predicted octanol–water partition coefficient (Wildman–Crippen LogP) is 4.36. The fraction of sp³-hybridized carbons (Fsp3) is 0.292. The lowest BCUT2D eigenvalue weighted by Gasteiger charge is -2.26. The van der Waals surface area contributed by atoms with E-state index in [1.165, 1.54) is 6.08 Å². The van der Waals surface area contributed by atoms with Crippen LogP contribution < -0.4 is 15.0 Å². The van der Waals surface area contributed by atoms with E-state index in [-0.39, 0.29) is 11.5 Å². The standard InChI is InChI=1S/C24H26N2O4/c1-6-16-7-9-18(10-8-16)26-23(28)20(22(27)25-24(26)29)13-17-12-19(14(2)3)21(30-5)11-15(17)4/h7-14H,6H2,1-5H3,(H,25,27,29)/b20-13-. The molecule has 6 nitrogen and oxygen atoms in total. The van der Waals surface area contributed by atoms with Crippen molar-refractivity contribution in [3.63, 3.8) is 0 Å². The van der Waals surface area contributed by atoms with E-state index < -0.39 is 17.8 Å². The number of nitrogens with one attached hydrogen (secondary N) is 1. The van der Waals surface area contributed by atoms with Crippen LogP contribution in [0, 0.1) is 6.92 Å². The van der Waals surface area contributed by atoms with E-state index in [1.54, 1.807) is 19.2 Å². The molecule has 6 heteroatoms. The summed E-state index contributed by atoms with van der Waals surface area (Å²) in [6.07, 6.45) is 2.39. The Balaban J connectivity index is 2.05. The van der Waals surface area contributed by atoms with Gasteiger partial charge < -0.3 is 4.74 Å². The number of carbonyl (C=O) groups excluding carboxylic acids is 3. The number of barbiturate groups is 1. The number of ether oxygens (including phenoxy) is 1. The van der Waals surface area contributed by atoms with Crippen molar-refractivity contribution in [3.05, 3.63) is 64.2 Å². The topological polar surface area (TPSA) is 75.7 Å². The molecule has 2 aromatic carbocycles. The highest BCUT2D eigenvalue weighted by molar-refractivity contribution is 6.39. The second-order valence-electron chi connectivity index (χ2n) is 7.58. The third kappa shape index (κ3) is 3.99. The van der Waals surface area contributed by atoms with E-state index in [9.17, 15) is 14.4 Å². The van der Waals surface area contributed by atoms with E-state index in [0.717, 1.165) is 39.3 Å². The number of benzene rings is 2. The Morgan fingerprint density at radius 3 is 2.33 bits per heavy atom. The molecule has 0 aliphatic carbocycles. The minimum Gasteiger partial charge on any atom is -0.496 e. The molecule has 1 saturated heterocycles. The van der Waals surface area contributed by atoms with Crippen molar-refractivity contribution in [2.45, 2.75) is 40.0 Å². The maximum Gasteiger partial charge on any atom is 0.335 e. The Bertz CT molecular complexity index is 1040. The summed E-state index contributed by atoms with van der Waals surface area (Å²) in [6.45, 7) is 8.00. The highest BCUT2D eigenvalue weighted by atomic mass is 16.5. The van der Waals surface area contributed by atoms with Crippen molar-refractivity contribution in [2.75, 3.05) is 12.0 Å². The Kier molecular flexibility index (Phi) is 6.06. The lowest BCUT2D eigenvalue weighted by atomic mass is 9.95. The predicted molar refractivity (Wildman–Crippen MR) is 117 cm³/mol. The number of methoxy groups -OCH3 is 1. The lowest BCUT2D eigenvalue weighted by molar-refractivity contribution is -0.122. The van der Waals surface area contributed by atoms with Crippen LogP contribution in [0.5, 0.6) is 5.75 Å². The molecule has 1 fully saturated rings. The molecule has 1 N–H and O–H groups in total. The van der Waals surface area contributed by atoms with E-state index in [2.05, 4.69) is 5.32 Å². The first-order chi connectivity index (χ1) is 14.3. The van der Waals surface area contributed by atoms with Gasteiger partial charge in [0.1, 0.15) is 11.3 Å². The molecule has 0 bridgehead atoms. The number of urea groups is 1. The van der Waals surface area contributed by atoms with Crippen molar-refractivity contribution in [2.24, 2.45) is 0 Å². The average molecular weight is 406 g/mol. The van der Waals surface area contributed by atoms with Crippen LogP contribution in [0.2, 0.25) is 0 Å². The molecule has 0 spiro atoms. The van der Waals surface area contributed by atoms with E-state index >= 15 is 0 Å². The maximum atomic E-state index is 13.1. The normalized spacial score (nSPS) is 15.7. The number of rotatable bonds is 5. The molecule has 1 heterocycles. The summed E-state index contributed by atoms with van der Waals surface area (Å²) in [6, 6.07) is 10.2. The Labute approximate surface area is 176 Å². The van der Waals surface area contributed by atoms with Crippen molar-refractivity contribution in [1.29, 1.82) is 0 Å². The zero-order valence-corrected chi connectivity index (χ0v) is 17.9. The monoisotopic (exact) mass is 406 g/mol. The third-order valence-electron chi connectivity index (χ3n) is 5.24. The number of amides is 4. The first-order valence-corrected chi connectivity index (χ1v) is 9.95. The van der Waals surface area contributed by atoms with Crippen molar-refractivity contribution in [3.8, 4) is 5.75 Å². The first-order valence-electron chi connectivity index (χ1n) is 9.95. The van der Waals surface area contributed by atoms with Crippen LogP contribution in [0.25, 0.3) is 6.08 Å². The molecule has 2 aromatic rings. The van der Waals surface area contributed by atoms with Gasteiger partial charge in [0, 0.05) is 0 Å². The summed E-state index contributed by atoms with van der Waals surface area (Å²) >= 11 is 0. The number of hydrogen-bond acceptors (Lipinski definition) is 4. The van der Waals surface area contributed by atoms with Gasteiger partial charge in [-0.15, -0.1) is 0 Å². The Morgan fingerprint density at radius 2 is 1.77 bits per heavy atom. The molecule has 30 heavy (non-hydrogen) atoms. The first kappa shape index (κ1) is 21.3. The fourth-order valence-corrected chi connectivity index (χ4v) is 3.43. The molecule has 0 atom stereocenters. The van der Waals surface area contributed by atoms with Gasteiger partial charge in [-0.05, 0) is 71.9 Å². The van der Waals surface area contributed by atoms with Gasteiger partial charge in [-0.25, -0.2) is 9.69 Å². The van der Waals surface area contributed by atoms with E-state index in [0.29, 0.717) is 5.69 Å². The van der Waals surface area contributed by atoms with E-state index in [4.69, 9.17) is 4.74 Å². The third-order valence-corrected chi connectivity index (χ3v) is 5.24. The van der Waals surface area contributed by atoms with Gasteiger partial charge in [0.15, 0.2) is 0 Å². The van der Waals surface area contributed by atoms with Crippen LogP contribution >= 0.6 is 0 Å². The number of anilines is 1.